The van der Waals surface area contributed by atoms with E-state index in [1.54, 1.807) is 0 Å². The molecular weight excluding hydrogens is 414 g/mol. The van der Waals surface area contributed by atoms with Gasteiger partial charge >= 0.3 is 12.0 Å². The summed E-state index contributed by atoms with van der Waals surface area (Å²) in [6.07, 6.45) is 4.71. The third kappa shape index (κ3) is 17.7. The number of amides is 3. The second kappa shape index (κ2) is 20.9. The fourth-order valence-corrected chi connectivity index (χ4v) is 1.79. The van der Waals surface area contributed by atoms with Crippen molar-refractivity contribution in [2.45, 2.75) is 93.2 Å². The normalized spacial score (nSPS) is 19.0. The Morgan fingerprint density at radius 3 is 1.72 bits per heavy atom. The summed E-state index contributed by atoms with van der Waals surface area (Å²) >= 11 is 0. The Hall–Kier alpha value is -2.00. The van der Waals surface area contributed by atoms with Crippen molar-refractivity contribution in [3.8, 4) is 0 Å². The van der Waals surface area contributed by atoms with Crippen LogP contribution in [-0.2, 0) is 14.4 Å². The quantitative estimate of drug-likeness (QED) is 0.261. The van der Waals surface area contributed by atoms with Gasteiger partial charge in [0, 0.05) is 12.5 Å². The van der Waals surface area contributed by atoms with Crippen LogP contribution in [-0.4, -0.2) is 53.1 Å². The van der Waals surface area contributed by atoms with Crippen LogP contribution in [0.5, 0.6) is 0 Å². The lowest BCUT2D eigenvalue weighted by Crippen LogP contribution is -2.36. The molecule has 1 fully saturated rings. The predicted molar refractivity (Wildman–Crippen MR) is 127 cm³/mol. The average molecular weight is 462 g/mol. The monoisotopic (exact) mass is 461 g/mol. The van der Waals surface area contributed by atoms with Gasteiger partial charge in [-0.05, 0) is 24.2 Å². The molecule has 0 radical (unpaired) electrons. The molecule has 0 aromatic carbocycles. The molecule has 1 rings (SSSR count). The fraction of sp³-hybridized carbons (Fsp3) is 0.826. The van der Waals surface area contributed by atoms with E-state index in [4.69, 9.17) is 15.9 Å². The second-order valence-electron chi connectivity index (χ2n) is 8.29. The number of carboxylic acid groups (broad SMARTS) is 1. The van der Waals surface area contributed by atoms with Crippen molar-refractivity contribution in [2.75, 3.05) is 6.61 Å². The first kappa shape index (κ1) is 34.6. The number of aliphatic hydroxyl groups is 1. The minimum Gasteiger partial charge on any atom is -0.480 e. The molecule has 0 spiro atoms. The van der Waals surface area contributed by atoms with E-state index in [2.05, 4.69) is 17.6 Å². The molecule has 0 aromatic rings. The molecule has 1 saturated heterocycles. The molecule has 0 bridgehead atoms. The fourth-order valence-electron chi connectivity index (χ4n) is 1.79. The van der Waals surface area contributed by atoms with E-state index < -0.39 is 12.0 Å². The van der Waals surface area contributed by atoms with Crippen LogP contribution in [0, 0.1) is 23.7 Å². The number of aldehydes is 1. The summed E-state index contributed by atoms with van der Waals surface area (Å²) in [5.74, 6) is -0.0901. The Balaban J connectivity index is -0.000000364. The number of aliphatic carboxylic acids is 1. The van der Waals surface area contributed by atoms with Crippen molar-refractivity contribution in [3.63, 3.8) is 0 Å². The van der Waals surface area contributed by atoms with Gasteiger partial charge in [-0.1, -0.05) is 74.7 Å². The number of carboxylic acids is 1. The van der Waals surface area contributed by atoms with E-state index in [0.29, 0.717) is 12.5 Å². The maximum Gasteiger partial charge on any atom is 0.322 e. The Morgan fingerprint density at radius 2 is 1.56 bits per heavy atom. The van der Waals surface area contributed by atoms with Gasteiger partial charge in [0.1, 0.15) is 18.4 Å². The first-order valence-electron chi connectivity index (χ1n) is 11.5. The molecule has 1 unspecified atom stereocenters. The number of nitrogens with one attached hydrogen (secondary N) is 2. The summed E-state index contributed by atoms with van der Waals surface area (Å²) in [4.78, 5) is 41.5. The molecule has 6 atom stereocenters. The number of imide groups is 1. The van der Waals surface area contributed by atoms with Gasteiger partial charge in [-0.3, -0.25) is 14.9 Å². The van der Waals surface area contributed by atoms with Crippen LogP contribution in [0.15, 0.2) is 0 Å². The molecule has 190 valence electrons. The van der Waals surface area contributed by atoms with E-state index in [0.717, 1.165) is 32.0 Å². The minimum atomic E-state index is -0.913. The maximum atomic E-state index is 11.0. The largest absolute Gasteiger partial charge is 0.480 e. The van der Waals surface area contributed by atoms with Crippen LogP contribution in [0.2, 0.25) is 0 Å². The first-order valence-corrected chi connectivity index (χ1v) is 11.5. The van der Waals surface area contributed by atoms with Crippen LogP contribution in [0.1, 0.15) is 81.1 Å². The van der Waals surface area contributed by atoms with Gasteiger partial charge < -0.3 is 26.1 Å². The van der Waals surface area contributed by atoms with Gasteiger partial charge in [-0.15, -0.1) is 0 Å². The summed E-state index contributed by atoms with van der Waals surface area (Å²) in [7, 11) is 0. The van der Waals surface area contributed by atoms with Gasteiger partial charge in [0.25, 0.3) is 5.91 Å². The third-order valence-electron chi connectivity index (χ3n) is 5.45. The zero-order chi connectivity index (χ0) is 25.9. The summed E-state index contributed by atoms with van der Waals surface area (Å²) in [5.41, 5.74) is 5.27. The first-order chi connectivity index (χ1) is 14.9. The number of nitrogens with two attached hydrogens (primary N) is 1. The highest BCUT2D eigenvalue weighted by Gasteiger charge is 2.32. The van der Waals surface area contributed by atoms with Crippen LogP contribution in [0.25, 0.3) is 0 Å². The van der Waals surface area contributed by atoms with Crippen molar-refractivity contribution in [3.05, 3.63) is 0 Å². The van der Waals surface area contributed by atoms with Crippen molar-refractivity contribution < 1.29 is 29.4 Å². The van der Waals surface area contributed by atoms with Crippen LogP contribution in [0.3, 0.4) is 0 Å². The Morgan fingerprint density at radius 1 is 1.03 bits per heavy atom. The average Bonchev–Trinajstić information content (AvgIpc) is 3.14. The van der Waals surface area contributed by atoms with E-state index in [9.17, 15) is 19.2 Å². The lowest BCUT2D eigenvalue weighted by Gasteiger charge is -2.13. The number of carbonyl (C=O) groups excluding carboxylic acids is 3. The number of carbonyl (C=O) groups is 4. The van der Waals surface area contributed by atoms with Crippen molar-refractivity contribution in [1.82, 2.24) is 10.6 Å². The number of rotatable bonds is 9. The molecule has 0 aromatic heterocycles. The molecule has 9 heteroatoms. The van der Waals surface area contributed by atoms with E-state index in [1.807, 2.05) is 48.5 Å². The molecule has 1 aliphatic rings. The van der Waals surface area contributed by atoms with Gasteiger partial charge in [-0.2, -0.15) is 0 Å². The standard InChI is InChI=1S/C7H12N2O2.C6H13NO2.C5H12O.C5H10O/c1-3-4(2)5-6(10)9-7(11)8-5;1-3-4(2)5(7)6(8)9;2*1-3-5(2)4-6/h4-5H,3H2,1-2H3,(H2,8,9,10,11);4-5H,3,7H2,1-2H3,(H,8,9);5-6H,3-4H2,1-2H3;4-5H,3H2,1-2H3/t4-,5?;4-,5+;2*5-/m1111/s1. The Bertz CT molecular complexity index is 526. The van der Waals surface area contributed by atoms with E-state index >= 15 is 0 Å². The topological polar surface area (TPSA) is 159 Å². The number of urea groups is 1. The van der Waals surface area contributed by atoms with Crippen LogP contribution >= 0.6 is 0 Å². The van der Waals surface area contributed by atoms with E-state index in [-0.39, 0.29) is 35.7 Å². The summed E-state index contributed by atoms with van der Waals surface area (Å²) < 4.78 is 0. The lowest BCUT2D eigenvalue weighted by atomic mass is 10.00. The summed E-state index contributed by atoms with van der Waals surface area (Å²) in [6, 6.07) is -1.40. The molecule has 0 saturated carbocycles. The summed E-state index contributed by atoms with van der Waals surface area (Å²) in [6.45, 7) is 16.0. The van der Waals surface area contributed by atoms with Gasteiger partial charge in [0.15, 0.2) is 0 Å². The number of hydrogen-bond donors (Lipinski definition) is 5. The Labute approximate surface area is 193 Å². The molecule has 0 aliphatic carbocycles. The molecule has 32 heavy (non-hydrogen) atoms. The molecular formula is C23H47N3O6. The highest BCUT2D eigenvalue weighted by atomic mass is 16.4. The van der Waals surface area contributed by atoms with Crippen molar-refractivity contribution in [2.24, 2.45) is 29.4 Å². The molecule has 6 N–H and O–H groups in total. The highest BCUT2D eigenvalue weighted by molar-refractivity contribution is 6.04. The molecule has 1 aliphatic heterocycles. The van der Waals surface area contributed by atoms with Crippen molar-refractivity contribution in [1.29, 1.82) is 0 Å². The minimum absolute atomic E-state index is 0.0718. The van der Waals surface area contributed by atoms with Gasteiger partial charge in [0.2, 0.25) is 0 Å². The third-order valence-corrected chi connectivity index (χ3v) is 5.45. The van der Waals surface area contributed by atoms with Crippen molar-refractivity contribution >= 4 is 24.2 Å². The van der Waals surface area contributed by atoms with Crippen LogP contribution in [0.4, 0.5) is 4.79 Å². The highest BCUT2D eigenvalue weighted by Crippen LogP contribution is 2.10. The predicted octanol–water partition coefficient (Wildman–Crippen LogP) is 2.94. The SMILES string of the molecule is CC[C@@H](C)C1NC(=O)NC1=O.CC[C@@H](C)C=O.CC[C@@H](C)CO.CC[C@@H](C)[C@H](N)C(=O)O. The van der Waals surface area contributed by atoms with Crippen LogP contribution < -0.4 is 16.4 Å². The van der Waals surface area contributed by atoms with E-state index in [1.165, 1.54) is 0 Å². The molecule has 3 amide bonds. The lowest BCUT2D eigenvalue weighted by molar-refractivity contribution is -0.139. The van der Waals surface area contributed by atoms with Gasteiger partial charge in [0.05, 0.1) is 0 Å². The smallest absolute Gasteiger partial charge is 0.322 e. The van der Waals surface area contributed by atoms with Gasteiger partial charge in [-0.25, -0.2) is 4.79 Å². The zero-order valence-corrected chi connectivity index (χ0v) is 21.2. The summed E-state index contributed by atoms with van der Waals surface area (Å²) in [5, 5.41) is 21.4. The zero-order valence-electron chi connectivity index (χ0n) is 21.2. The molecule has 9 nitrogen and oxygen atoms in total. The molecule has 1 heterocycles. The second-order valence-corrected chi connectivity index (χ2v) is 8.29. The number of hydrogen-bond acceptors (Lipinski definition) is 6. The number of aliphatic hydroxyl groups excluding tert-OH is 1. The Kier molecular flexibility index (Phi) is 22.6. The maximum absolute atomic E-state index is 11.0.